The Hall–Kier alpha value is -2.76. The molecular weight excluding hydrogens is 390 g/mol. The van der Waals surface area contributed by atoms with Crippen molar-refractivity contribution in [1.29, 1.82) is 0 Å². The molecule has 1 aromatic heterocycles. The first-order valence-corrected chi connectivity index (χ1v) is 11.5. The molecule has 31 heavy (non-hydrogen) atoms. The normalized spacial score (nSPS) is 14.3. The molecule has 0 atom stereocenters. The predicted octanol–water partition coefficient (Wildman–Crippen LogP) is 5.74. The number of carbonyl (C=O) groups excluding carboxylic acids is 2. The molecule has 1 aliphatic rings. The second-order valence-corrected chi connectivity index (χ2v) is 8.31. The Morgan fingerprint density at radius 2 is 1.84 bits per heavy atom. The van der Waals surface area contributed by atoms with Gasteiger partial charge in [0.25, 0.3) is 0 Å². The van der Waals surface area contributed by atoms with Crippen LogP contribution < -0.4 is 5.32 Å². The molecular formula is C25H35N3O3. The number of rotatable bonds is 7. The fourth-order valence-electron chi connectivity index (χ4n) is 4.50. The SMILES string of the molecule is CCOC(=O)c1[nH]c(C)c(CN(C(=O)Nc2ccccc2CC)C2CCCCC2)c1C. The van der Waals surface area contributed by atoms with Gasteiger partial charge < -0.3 is 19.9 Å². The molecule has 1 saturated carbocycles. The summed E-state index contributed by atoms with van der Waals surface area (Å²) >= 11 is 0. The van der Waals surface area contributed by atoms with E-state index in [2.05, 4.69) is 17.2 Å². The number of H-pyrrole nitrogens is 1. The van der Waals surface area contributed by atoms with Crippen LogP contribution in [0.15, 0.2) is 24.3 Å². The zero-order chi connectivity index (χ0) is 22.4. The summed E-state index contributed by atoms with van der Waals surface area (Å²) in [6.07, 6.45) is 6.38. The van der Waals surface area contributed by atoms with E-state index in [1.165, 1.54) is 6.42 Å². The Labute approximate surface area is 185 Å². The lowest BCUT2D eigenvalue weighted by molar-refractivity contribution is 0.0519. The van der Waals surface area contributed by atoms with E-state index < -0.39 is 0 Å². The van der Waals surface area contributed by atoms with Gasteiger partial charge in [-0.2, -0.15) is 0 Å². The van der Waals surface area contributed by atoms with E-state index in [-0.39, 0.29) is 18.0 Å². The zero-order valence-corrected chi connectivity index (χ0v) is 19.2. The fraction of sp³-hybridized carbons (Fsp3) is 0.520. The number of anilines is 1. The lowest BCUT2D eigenvalue weighted by Gasteiger charge is -2.35. The predicted molar refractivity (Wildman–Crippen MR) is 123 cm³/mol. The summed E-state index contributed by atoms with van der Waals surface area (Å²) in [5, 5.41) is 3.15. The summed E-state index contributed by atoms with van der Waals surface area (Å²) in [6, 6.07) is 8.07. The van der Waals surface area contributed by atoms with Crippen molar-refractivity contribution in [1.82, 2.24) is 9.88 Å². The zero-order valence-electron chi connectivity index (χ0n) is 19.2. The number of aromatic nitrogens is 1. The van der Waals surface area contributed by atoms with Gasteiger partial charge in [-0.15, -0.1) is 0 Å². The molecule has 1 aromatic carbocycles. The van der Waals surface area contributed by atoms with Crippen LogP contribution in [0.3, 0.4) is 0 Å². The van der Waals surface area contributed by atoms with Gasteiger partial charge in [-0.25, -0.2) is 9.59 Å². The van der Waals surface area contributed by atoms with Crippen molar-refractivity contribution >= 4 is 17.7 Å². The summed E-state index contributed by atoms with van der Waals surface area (Å²) in [6.45, 7) is 8.57. The third kappa shape index (κ3) is 5.30. The molecule has 0 spiro atoms. The Kier molecular flexibility index (Phi) is 7.77. The molecule has 0 bridgehead atoms. The van der Waals surface area contributed by atoms with E-state index in [9.17, 15) is 9.59 Å². The molecule has 3 rings (SSSR count). The average molecular weight is 426 g/mol. The number of hydrogen-bond donors (Lipinski definition) is 2. The van der Waals surface area contributed by atoms with E-state index in [1.54, 1.807) is 6.92 Å². The monoisotopic (exact) mass is 425 g/mol. The maximum absolute atomic E-state index is 13.5. The van der Waals surface area contributed by atoms with E-state index >= 15 is 0 Å². The molecule has 2 amide bonds. The van der Waals surface area contributed by atoms with Crippen molar-refractivity contribution < 1.29 is 14.3 Å². The second kappa shape index (κ2) is 10.5. The Morgan fingerprint density at radius 3 is 2.52 bits per heavy atom. The third-order valence-corrected chi connectivity index (χ3v) is 6.32. The number of benzene rings is 1. The highest BCUT2D eigenvalue weighted by Crippen LogP contribution is 2.28. The van der Waals surface area contributed by atoms with Gasteiger partial charge in [-0.3, -0.25) is 0 Å². The second-order valence-electron chi connectivity index (χ2n) is 8.31. The maximum Gasteiger partial charge on any atom is 0.355 e. The standard InChI is InChI=1S/C25H35N3O3/c1-5-19-12-10-11-15-22(19)27-25(30)28(20-13-8-7-9-14-20)16-21-17(3)23(26-18(21)4)24(29)31-6-2/h10-12,15,20,26H,5-9,13-14,16H2,1-4H3,(H,27,30). The number of hydrogen-bond acceptors (Lipinski definition) is 3. The summed E-state index contributed by atoms with van der Waals surface area (Å²) in [7, 11) is 0. The van der Waals surface area contributed by atoms with Crippen LogP contribution in [0.2, 0.25) is 0 Å². The van der Waals surface area contributed by atoms with Gasteiger partial charge in [0.2, 0.25) is 0 Å². The summed E-state index contributed by atoms with van der Waals surface area (Å²) in [4.78, 5) is 30.9. The molecule has 2 N–H and O–H groups in total. The van der Waals surface area contributed by atoms with E-state index in [4.69, 9.17) is 4.74 Å². The highest BCUT2D eigenvalue weighted by Gasteiger charge is 2.28. The molecule has 168 valence electrons. The van der Waals surface area contributed by atoms with Crippen molar-refractivity contribution in [2.45, 2.75) is 78.8 Å². The molecule has 6 nitrogen and oxygen atoms in total. The topological polar surface area (TPSA) is 74.4 Å². The van der Waals surface area contributed by atoms with Crippen molar-refractivity contribution in [3.63, 3.8) is 0 Å². The molecule has 6 heteroatoms. The number of aryl methyl sites for hydroxylation is 2. The van der Waals surface area contributed by atoms with Gasteiger partial charge in [-0.1, -0.05) is 44.4 Å². The Morgan fingerprint density at radius 1 is 1.13 bits per heavy atom. The number of urea groups is 1. The number of amides is 2. The fourth-order valence-corrected chi connectivity index (χ4v) is 4.50. The molecule has 1 fully saturated rings. The van der Waals surface area contributed by atoms with Gasteiger partial charge in [0.15, 0.2) is 0 Å². The van der Waals surface area contributed by atoms with Crippen LogP contribution in [0.25, 0.3) is 0 Å². The third-order valence-electron chi connectivity index (χ3n) is 6.32. The van der Waals surface area contributed by atoms with Crippen LogP contribution in [0, 0.1) is 13.8 Å². The van der Waals surface area contributed by atoms with Crippen LogP contribution in [-0.2, 0) is 17.7 Å². The summed E-state index contributed by atoms with van der Waals surface area (Å²) in [5.41, 5.74) is 5.23. The van der Waals surface area contributed by atoms with Crippen molar-refractivity contribution in [2.75, 3.05) is 11.9 Å². The number of ether oxygens (including phenoxy) is 1. The quantitative estimate of drug-likeness (QED) is 0.556. The Balaban J connectivity index is 1.88. The molecule has 0 radical (unpaired) electrons. The van der Waals surface area contributed by atoms with Crippen LogP contribution in [0.5, 0.6) is 0 Å². The Bertz CT molecular complexity index is 913. The van der Waals surface area contributed by atoms with Crippen molar-refractivity contribution in [2.24, 2.45) is 0 Å². The number of nitrogens with one attached hydrogen (secondary N) is 2. The molecule has 0 aliphatic heterocycles. The van der Waals surface area contributed by atoms with Gasteiger partial charge in [0.05, 0.1) is 6.61 Å². The van der Waals surface area contributed by atoms with E-state index in [0.717, 1.165) is 60.2 Å². The largest absolute Gasteiger partial charge is 0.461 e. The minimum absolute atomic E-state index is 0.0783. The molecule has 0 unspecified atom stereocenters. The minimum Gasteiger partial charge on any atom is -0.461 e. The lowest BCUT2D eigenvalue weighted by Crippen LogP contribution is -2.43. The van der Waals surface area contributed by atoms with Gasteiger partial charge in [0.1, 0.15) is 5.69 Å². The van der Waals surface area contributed by atoms with Crippen molar-refractivity contribution in [3.05, 3.63) is 52.3 Å². The number of para-hydroxylation sites is 1. The molecule has 0 saturated heterocycles. The van der Waals surface area contributed by atoms with Gasteiger partial charge >= 0.3 is 12.0 Å². The molecule has 1 heterocycles. The molecule has 1 aliphatic carbocycles. The number of nitrogens with zero attached hydrogens (tertiary/aromatic N) is 1. The first-order chi connectivity index (χ1) is 15.0. The van der Waals surface area contributed by atoms with Gasteiger partial charge in [-0.05, 0) is 62.8 Å². The highest BCUT2D eigenvalue weighted by molar-refractivity contribution is 5.91. The van der Waals surface area contributed by atoms with Crippen LogP contribution >= 0.6 is 0 Å². The van der Waals surface area contributed by atoms with Gasteiger partial charge in [0, 0.05) is 24.0 Å². The van der Waals surface area contributed by atoms with Crippen molar-refractivity contribution in [3.8, 4) is 0 Å². The average Bonchev–Trinajstić information content (AvgIpc) is 3.06. The minimum atomic E-state index is -0.347. The number of aromatic amines is 1. The summed E-state index contributed by atoms with van der Waals surface area (Å²) in [5.74, 6) is -0.347. The van der Waals surface area contributed by atoms with E-state index in [1.807, 2.05) is 43.0 Å². The molecule has 2 aromatic rings. The van der Waals surface area contributed by atoms with Crippen LogP contribution in [-0.4, -0.2) is 34.5 Å². The van der Waals surface area contributed by atoms with E-state index in [0.29, 0.717) is 18.8 Å². The number of esters is 1. The van der Waals surface area contributed by atoms with Crippen LogP contribution in [0.4, 0.5) is 10.5 Å². The lowest BCUT2D eigenvalue weighted by atomic mass is 9.93. The first-order valence-electron chi connectivity index (χ1n) is 11.5. The van der Waals surface area contributed by atoms with Crippen LogP contribution in [0.1, 0.15) is 78.8 Å². The smallest absolute Gasteiger partial charge is 0.355 e. The number of carbonyl (C=O) groups is 2. The highest BCUT2D eigenvalue weighted by atomic mass is 16.5. The maximum atomic E-state index is 13.5. The first kappa shape index (κ1) is 22.9. The summed E-state index contributed by atoms with van der Waals surface area (Å²) < 4.78 is 5.19.